The Balaban J connectivity index is 2.77. The van der Waals surface area contributed by atoms with Crippen LogP contribution in [0.15, 0.2) is 12.1 Å². The van der Waals surface area contributed by atoms with Gasteiger partial charge in [0.05, 0.1) is 5.69 Å². The molecule has 20 heavy (non-hydrogen) atoms. The van der Waals surface area contributed by atoms with Gasteiger partial charge in [0, 0.05) is 18.0 Å². The Kier molecular flexibility index (Phi) is 3.49. The van der Waals surface area contributed by atoms with Gasteiger partial charge in [-0.3, -0.25) is 9.59 Å². The van der Waals surface area contributed by atoms with Crippen molar-refractivity contribution in [2.24, 2.45) is 0 Å². The van der Waals surface area contributed by atoms with Gasteiger partial charge in [0.1, 0.15) is 0 Å². The molecule has 0 saturated heterocycles. The maximum absolute atomic E-state index is 12.2. The maximum atomic E-state index is 12.2. The van der Waals surface area contributed by atoms with Gasteiger partial charge < -0.3 is 4.90 Å². The molecule has 0 saturated carbocycles. The van der Waals surface area contributed by atoms with E-state index in [1.807, 2.05) is 24.0 Å². The van der Waals surface area contributed by atoms with E-state index in [0.717, 1.165) is 17.7 Å². The van der Waals surface area contributed by atoms with Crippen molar-refractivity contribution in [3.05, 3.63) is 28.8 Å². The number of hydrogen-bond acceptors (Lipinski definition) is 2. The van der Waals surface area contributed by atoms with Gasteiger partial charge in [0.25, 0.3) is 0 Å². The number of hydrogen-bond donors (Lipinski definition) is 0. The van der Waals surface area contributed by atoms with Crippen LogP contribution in [0.1, 0.15) is 68.4 Å². The number of amides is 1. The molecule has 0 fully saturated rings. The summed E-state index contributed by atoms with van der Waals surface area (Å²) in [4.78, 5) is 25.8. The second-order valence-electron chi connectivity index (χ2n) is 6.50. The van der Waals surface area contributed by atoms with E-state index in [0.29, 0.717) is 11.5 Å². The molecule has 2 rings (SSSR count). The molecule has 0 bridgehead atoms. The third-order valence-corrected chi connectivity index (χ3v) is 4.32. The minimum atomic E-state index is -0.224. The van der Waals surface area contributed by atoms with Crippen LogP contribution in [0.5, 0.6) is 0 Å². The van der Waals surface area contributed by atoms with Gasteiger partial charge in [-0.05, 0) is 51.2 Å². The average Bonchev–Trinajstić information content (AvgIpc) is 2.28. The van der Waals surface area contributed by atoms with Crippen molar-refractivity contribution >= 4 is 17.4 Å². The molecule has 0 spiro atoms. The van der Waals surface area contributed by atoms with Gasteiger partial charge in [-0.1, -0.05) is 19.1 Å². The van der Waals surface area contributed by atoms with E-state index in [1.54, 1.807) is 13.8 Å². The molecule has 1 aliphatic heterocycles. The van der Waals surface area contributed by atoms with E-state index >= 15 is 0 Å². The first-order valence-corrected chi connectivity index (χ1v) is 7.12. The Bertz CT molecular complexity index is 587. The number of fused-ring (bicyclic) bond motifs is 1. The Morgan fingerprint density at radius 2 is 1.85 bits per heavy atom. The molecule has 1 aliphatic rings. The number of carbonyl (C=O) groups excluding carboxylic acids is 2. The van der Waals surface area contributed by atoms with Crippen LogP contribution in [0.25, 0.3) is 0 Å². The molecule has 108 valence electrons. The van der Waals surface area contributed by atoms with E-state index in [1.165, 1.54) is 5.56 Å². The molecule has 0 N–H and O–H groups in total. The van der Waals surface area contributed by atoms with Crippen LogP contribution in [-0.4, -0.2) is 17.2 Å². The first-order valence-electron chi connectivity index (χ1n) is 7.12. The largest absolute Gasteiger partial charge is 0.307 e. The van der Waals surface area contributed by atoms with Crippen LogP contribution < -0.4 is 4.90 Å². The number of benzene rings is 1. The van der Waals surface area contributed by atoms with Crippen molar-refractivity contribution in [3.63, 3.8) is 0 Å². The van der Waals surface area contributed by atoms with Crippen LogP contribution in [-0.2, 0) is 4.79 Å². The van der Waals surface area contributed by atoms with Crippen LogP contribution in [0, 0.1) is 6.92 Å². The van der Waals surface area contributed by atoms with Crippen LogP contribution in [0.2, 0.25) is 0 Å². The highest BCUT2D eigenvalue weighted by Crippen LogP contribution is 2.45. The fraction of sp³-hybridized carbons (Fsp3) is 0.529. The topological polar surface area (TPSA) is 37.4 Å². The second kappa shape index (κ2) is 4.72. The predicted octanol–water partition coefficient (Wildman–Crippen LogP) is 3.84. The molecule has 1 aromatic rings. The van der Waals surface area contributed by atoms with Gasteiger partial charge in [0.2, 0.25) is 5.91 Å². The molecule has 1 heterocycles. The molecule has 0 radical (unpaired) electrons. The quantitative estimate of drug-likeness (QED) is 0.729. The van der Waals surface area contributed by atoms with E-state index < -0.39 is 0 Å². The zero-order chi connectivity index (χ0) is 15.2. The van der Waals surface area contributed by atoms with Crippen LogP contribution in [0.3, 0.4) is 0 Å². The SMILES string of the molecule is CC(=O)c1ccc2c(c1C)N(C(C)=O)C(C)(C)C[C@@H]2C. The molecular formula is C17H23NO2. The summed E-state index contributed by atoms with van der Waals surface area (Å²) in [6, 6.07) is 3.90. The van der Waals surface area contributed by atoms with E-state index in [9.17, 15) is 9.59 Å². The molecule has 1 aromatic carbocycles. The Labute approximate surface area is 121 Å². The lowest BCUT2D eigenvalue weighted by molar-refractivity contribution is -0.117. The van der Waals surface area contributed by atoms with Gasteiger partial charge in [-0.15, -0.1) is 0 Å². The number of rotatable bonds is 1. The number of anilines is 1. The Morgan fingerprint density at radius 3 is 2.35 bits per heavy atom. The zero-order valence-corrected chi connectivity index (χ0v) is 13.2. The molecule has 0 aliphatic carbocycles. The summed E-state index contributed by atoms with van der Waals surface area (Å²) >= 11 is 0. The second-order valence-corrected chi connectivity index (χ2v) is 6.50. The van der Waals surface area contributed by atoms with E-state index in [4.69, 9.17) is 0 Å². The van der Waals surface area contributed by atoms with Crippen molar-refractivity contribution in [3.8, 4) is 0 Å². The molecule has 1 atom stereocenters. The van der Waals surface area contributed by atoms with E-state index in [-0.39, 0.29) is 17.2 Å². The summed E-state index contributed by atoms with van der Waals surface area (Å²) < 4.78 is 0. The summed E-state index contributed by atoms with van der Waals surface area (Å²) in [7, 11) is 0. The third-order valence-electron chi connectivity index (χ3n) is 4.32. The lowest BCUT2D eigenvalue weighted by Crippen LogP contribution is -2.51. The van der Waals surface area contributed by atoms with Crippen molar-refractivity contribution in [1.82, 2.24) is 0 Å². The number of nitrogens with zero attached hydrogens (tertiary/aromatic N) is 1. The predicted molar refractivity (Wildman–Crippen MR) is 81.5 cm³/mol. The fourth-order valence-electron chi connectivity index (χ4n) is 3.63. The third kappa shape index (κ3) is 2.15. The molecule has 0 unspecified atom stereocenters. The summed E-state index contributed by atoms with van der Waals surface area (Å²) in [6.07, 6.45) is 0.929. The first-order chi connectivity index (χ1) is 9.16. The van der Waals surface area contributed by atoms with Crippen molar-refractivity contribution in [2.75, 3.05) is 4.90 Å². The van der Waals surface area contributed by atoms with Crippen molar-refractivity contribution in [1.29, 1.82) is 0 Å². The standard InChI is InChI=1S/C17H23NO2/c1-10-9-17(5,6)18(13(4)20)16-11(2)15(12(3)19)8-7-14(10)16/h7-8,10H,9H2,1-6H3/t10-/m0/s1. The lowest BCUT2D eigenvalue weighted by Gasteiger charge is -2.46. The van der Waals surface area contributed by atoms with Crippen LogP contribution >= 0.6 is 0 Å². The highest BCUT2D eigenvalue weighted by molar-refractivity contribution is 6.01. The maximum Gasteiger partial charge on any atom is 0.224 e. The van der Waals surface area contributed by atoms with E-state index in [2.05, 4.69) is 20.8 Å². The number of ketones is 1. The molecular weight excluding hydrogens is 250 g/mol. The molecule has 3 nitrogen and oxygen atoms in total. The minimum absolute atomic E-state index is 0.0342. The van der Waals surface area contributed by atoms with Gasteiger partial charge in [0.15, 0.2) is 5.78 Å². The number of carbonyl (C=O) groups is 2. The van der Waals surface area contributed by atoms with Crippen LogP contribution in [0.4, 0.5) is 5.69 Å². The minimum Gasteiger partial charge on any atom is -0.307 e. The average molecular weight is 273 g/mol. The van der Waals surface area contributed by atoms with Gasteiger partial charge in [-0.2, -0.15) is 0 Å². The monoisotopic (exact) mass is 273 g/mol. The van der Waals surface area contributed by atoms with Crippen molar-refractivity contribution in [2.45, 2.75) is 59.4 Å². The zero-order valence-electron chi connectivity index (χ0n) is 13.2. The summed E-state index contributed by atoms with van der Waals surface area (Å²) in [5.74, 6) is 0.465. The van der Waals surface area contributed by atoms with Gasteiger partial charge >= 0.3 is 0 Å². The molecule has 1 amide bonds. The summed E-state index contributed by atoms with van der Waals surface area (Å²) in [6.45, 7) is 11.5. The first kappa shape index (κ1) is 14.8. The fourth-order valence-corrected chi connectivity index (χ4v) is 3.63. The number of Topliss-reactive ketones (excluding diaryl/α,β-unsaturated/α-hetero) is 1. The Morgan fingerprint density at radius 1 is 1.25 bits per heavy atom. The summed E-state index contributed by atoms with van der Waals surface area (Å²) in [5.41, 5.74) is 3.51. The van der Waals surface area contributed by atoms with Crippen molar-refractivity contribution < 1.29 is 9.59 Å². The normalized spacial score (nSPS) is 20.5. The lowest BCUT2D eigenvalue weighted by atomic mass is 9.78. The molecule has 3 heteroatoms. The smallest absolute Gasteiger partial charge is 0.224 e. The molecule has 0 aromatic heterocycles. The van der Waals surface area contributed by atoms with Gasteiger partial charge in [-0.25, -0.2) is 0 Å². The Hall–Kier alpha value is -1.64. The highest BCUT2D eigenvalue weighted by Gasteiger charge is 2.39. The summed E-state index contributed by atoms with van der Waals surface area (Å²) in [5, 5.41) is 0. The highest BCUT2D eigenvalue weighted by atomic mass is 16.2.